The fourth-order valence-electron chi connectivity index (χ4n) is 3.60. The molecule has 1 aliphatic rings. The number of halogens is 1. The van der Waals surface area contributed by atoms with Crippen molar-refractivity contribution in [2.45, 2.75) is 32.9 Å². The minimum absolute atomic E-state index is 0. The van der Waals surface area contributed by atoms with Gasteiger partial charge in [-0.25, -0.2) is 4.98 Å². The number of nitrogens with one attached hydrogen (secondary N) is 1. The molecule has 1 fully saturated rings. The molecule has 0 amide bonds. The van der Waals surface area contributed by atoms with Crippen LogP contribution in [0.2, 0.25) is 0 Å². The molecule has 0 spiro atoms. The lowest BCUT2D eigenvalue weighted by Crippen LogP contribution is -2.52. The summed E-state index contributed by atoms with van der Waals surface area (Å²) in [6.07, 6.45) is 3.07. The van der Waals surface area contributed by atoms with Crippen LogP contribution in [0.4, 0.5) is 0 Å². The van der Waals surface area contributed by atoms with Gasteiger partial charge < -0.3 is 10.2 Å². The third-order valence-electron chi connectivity index (χ3n) is 4.90. The number of guanidine groups is 1. The van der Waals surface area contributed by atoms with E-state index in [0.29, 0.717) is 6.04 Å². The summed E-state index contributed by atoms with van der Waals surface area (Å²) in [6, 6.07) is 11.4. The zero-order chi connectivity index (χ0) is 18.4. The average molecular weight is 499 g/mol. The van der Waals surface area contributed by atoms with Crippen molar-refractivity contribution in [2.24, 2.45) is 4.99 Å². The number of aliphatic imine (C=N–C) groups is 1. The van der Waals surface area contributed by atoms with E-state index in [1.54, 1.807) is 11.3 Å². The highest BCUT2D eigenvalue weighted by Crippen LogP contribution is 2.25. The molecule has 0 saturated carbocycles. The molecule has 1 unspecified atom stereocenters. The number of nitrogens with zero attached hydrogens (tertiary/aromatic N) is 4. The Hall–Kier alpha value is -1.19. The molecular formula is C20H30IN5S. The van der Waals surface area contributed by atoms with E-state index < -0.39 is 0 Å². The molecule has 1 aromatic heterocycles. The fourth-order valence-corrected chi connectivity index (χ4v) is 4.32. The van der Waals surface area contributed by atoms with E-state index in [4.69, 9.17) is 0 Å². The lowest BCUT2D eigenvalue weighted by atomic mass is 10.0. The molecule has 7 heteroatoms. The van der Waals surface area contributed by atoms with Crippen LogP contribution in [0.5, 0.6) is 0 Å². The lowest BCUT2D eigenvalue weighted by Gasteiger charge is -2.40. The summed E-state index contributed by atoms with van der Waals surface area (Å²) in [5.41, 5.74) is 1.42. The van der Waals surface area contributed by atoms with Crippen LogP contribution in [0.15, 0.2) is 41.5 Å². The van der Waals surface area contributed by atoms with Gasteiger partial charge in [-0.05, 0) is 18.9 Å². The number of rotatable bonds is 5. The van der Waals surface area contributed by atoms with E-state index >= 15 is 0 Å². The van der Waals surface area contributed by atoms with Gasteiger partial charge in [0.05, 0.1) is 6.54 Å². The number of aromatic nitrogens is 1. The van der Waals surface area contributed by atoms with Crippen LogP contribution in [0.3, 0.4) is 0 Å². The van der Waals surface area contributed by atoms with Crippen LogP contribution in [0.1, 0.15) is 34.8 Å². The molecule has 5 nitrogen and oxygen atoms in total. The number of thiazole rings is 1. The quantitative estimate of drug-likeness (QED) is 0.385. The first kappa shape index (κ1) is 22.1. The maximum Gasteiger partial charge on any atom is 0.194 e. The van der Waals surface area contributed by atoms with Crippen LogP contribution in [0.25, 0.3) is 0 Å². The van der Waals surface area contributed by atoms with Crippen molar-refractivity contribution in [2.75, 3.05) is 33.2 Å². The van der Waals surface area contributed by atoms with Gasteiger partial charge >= 0.3 is 0 Å². The molecule has 1 aliphatic heterocycles. The molecule has 1 atom stereocenters. The summed E-state index contributed by atoms with van der Waals surface area (Å²) in [5.74, 6) is 0.977. The standard InChI is InChI=1S/C20H29N5S.HI/c1-4-18(17-8-6-5-7-9-17)24-10-12-25(13-11-24)20(21-3)23-15-19-22-14-16(2)26-19;/h5-9,14,18H,4,10-13,15H2,1-3H3,(H,21,23);1H. The smallest absolute Gasteiger partial charge is 0.194 e. The predicted octanol–water partition coefficient (Wildman–Crippen LogP) is 3.91. The summed E-state index contributed by atoms with van der Waals surface area (Å²) in [5, 5.41) is 4.57. The largest absolute Gasteiger partial charge is 0.350 e. The number of aryl methyl sites for hydroxylation is 1. The number of piperazine rings is 1. The van der Waals surface area contributed by atoms with Crippen molar-refractivity contribution in [1.82, 2.24) is 20.1 Å². The first-order chi connectivity index (χ1) is 12.7. The zero-order valence-electron chi connectivity index (χ0n) is 16.4. The second-order valence-electron chi connectivity index (χ2n) is 6.62. The van der Waals surface area contributed by atoms with Gasteiger partial charge in [0, 0.05) is 50.3 Å². The van der Waals surface area contributed by atoms with Crippen LogP contribution >= 0.6 is 35.3 Å². The van der Waals surface area contributed by atoms with Gasteiger partial charge in [0.1, 0.15) is 5.01 Å². The minimum Gasteiger partial charge on any atom is -0.350 e. The Balaban J connectivity index is 0.00000261. The second-order valence-corrected chi connectivity index (χ2v) is 7.94. The van der Waals surface area contributed by atoms with Gasteiger partial charge in [0.15, 0.2) is 5.96 Å². The number of hydrogen-bond acceptors (Lipinski definition) is 4. The molecule has 3 rings (SSSR count). The van der Waals surface area contributed by atoms with Crippen molar-refractivity contribution in [3.63, 3.8) is 0 Å². The van der Waals surface area contributed by atoms with Gasteiger partial charge in [0.25, 0.3) is 0 Å². The maximum atomic E-state index is 4.47. The molecule has 27 heavy (non-hydrogen) atoms. The summed E-state index contributed by atoms with van der Waals surface area (Å²) in [6.45, 7) is 9.23. The van der Waals surface area contributed by atoms with Crippen LogP contribution in [0, 0.1) is 6.92 Å². The Morgan fingerprint density at radius 3 is 2.48 bits per heavy atom. The highest BCUT2D eigenvalue weighted by Gasteiger charge is 2.25. The topological polar surface area (TPSA) is 43.8 Å². The first-order valence-electron chi connectivity index (χ1n) is 9.37. The Labute approximate surface area is 183 Å². The van der Waals surface area contributed by atoms with E-state index in [-0.39, 0.29) is 24.0 Å². The maximum absolute atomic E-state index is 4.47. The third kappa shape index (κ3) is 5.89. The molecule has 148 valence electrons. The van der Waals surface area contributed by atoms with Gasteiger partial charge in [0.2, 0.25) is 0 Å². The van der Waals surface area contributed by atoms with Crippen LogP contribution in [-0.4, -0.2) is 54.0 Å². The van der Waals surface area contributed by atoms with Crippen molar-refractivity contribution in [3.05, 3.63) is 52.0 Å². The van der Waals surface area contributed by atoms with Gasteiger partial charge in [-0.3, -0.25) is 9.89 Å². The van der Waals surface area contributed by atoms with Gasteiger partial charge in [-0.15, -0.1) is 35.3 Å². The summed E-state index contributed by atoms with van der Waals surface area (Å²) in [4.78, 5) is 15.1. The van der Waals surface area contributed by atoms with E-state index in [9.17, 15) is 0 Å². The summed E-state index contributed by atoms with van der Waals surface area (Å²) < 4.78 is 0. The highest BCUT2D eigenvalue weighted by atomic mass is 127. The average Bonchev–Trinajstić information content (AvgIpc) is 3.10. The normalized spacial score (nSPS) is 16.7. The molecule has 1 N–H and O–H groups in total. The van der Waals surface area contributed by atoms with E-state index in [2.05, 4.69) is 69.3 Å². The molecule has 1 aromatic carbocycles. The van der Waals surface area contributed by atoms with Crippen LogP contribution < -0.4 is 5.32 Å². The molecule has 0 aliphatic carbocycles. The SMILES string of the molecule is CCC(c1ccccc1)N1CCN(C(=NC)NCc2ncc(C)s2)CC1.I. The Kier molecular flexibility index (Phi) is 8.98. The van der Waals surface area contributed by atoms with E-state index in [1.165, 1.54) is 10.4 Å². The summed E-state index contributed by atoms with van der Waals surface area (Å²) in [7, 11) is 1.86. The Morgan fingerprint density at radius 2 is 1.93 bits per heavy atom. The van der Waals surface area contributed by atoms with Crippen molar-refractivity contribution < 1.29 is 0 Å². The summed E-state index contributed by atoms with van der Waals surface area (Å²) >= 11 is 1.74. The van der Waals surface area contributed by atoms with E-state index in [0.717, 1.165) is 50.1 Å². The molecule has 1 saturated heterocycles. The molecule has 0 radical (unpaired) electrons. The first-order valence-corrected chi connectivity index (χ1v) is 10.2. The number of hydrogen-bond donors (Lipinski definition) is 1. The van der Waals surface area contributed by atoms with Gasteiger partial charge in [-0.1, -0.05) is 37.3 Å². The number of benzene rings is 1. The molecule has 0 bridgehead atoms. The predicted molar refractivity (Wildman–Crippen MR) is 125 cm³/mol. The Bertz CT molecular complexity index is 710. The minimum atomic E-state index is 0. The van der Waals surface area contributed by atoms with E-state index in [1.807, 2.05) is 13.2 Å². The zero-order valence-corrected chi connectivity index (χ0v) is 19.5. The Morgan fingerprint density at radius 1 is 1.22 bits per heavy atom. The monoisotopic (exact) mass is 499 g/mol. The highest BCUT2D eigenvalue weighted by molar-refractivity contribution is 14.0. The molecule has 2 aromatic rings. The second kappa shape index (κ2) is 11.0. The van der Waals surface area contributed by atoms with Gasteiger partial charge in [-0.2, -0.15) is 0 Å². The fraction of sp³-hybridized carbons (Fsp3) is 0.500. The molecular weight excluding hydrogens is 469 g/mol. The van der Waals surface area contributed by atoms with Crippen molar-refractivity contribution >= 4 is 41.3 Å². The van der Waals surface area contributed by atoms with Crippen molar-refractivity contribution in [1.29, 1.82) is 0 Å². The third-order valence-corrected chi connectivity index (χ3v) is 5.82. The van der Waals surface area contributed by atoms with Crippen LogP contribution in [-0.2, 0) is 6.54 Å². The van der Waals surface area contributed by atoms with Crippen molar-refractivity contribution in [3.8, 4) is 0 Å². The lowest BCUT2D eigenvalue weighted by molar-refractivity contribution is 0.127. The molecule has 2 heterocycles.